The quantitative estimate of drug-likeness (QED) is 0.326. The molecule has 2 heterocycles. The minimum Gasteiger partial charge on any atom is -0.444 e. The maximum atomic E-state index is 12.4. The summed E-state index contributed by atoms with van der Waals surface area (Å²) in [6.07, 6.45) is 3.08. The van der Waals surface area contributed by atoms with E-state index in [4.69, 9.17) is 4.74 Å². The number of anilines is 1. The molecule has 1 atom stereocenters. The van der Waals surface area contributed by atoms with Crippen LogP contribution in [-0.2, 0) is 4.74 Å². The Hall–Kier alpha value is -2.63. The number of nitrogens with zero attached hydrogens (tertiary/aromatic N) is 5. The van der Waals surface area contributed by atoms with E-state index in [1.54, 1.807) is 19.4 Å². The number of halogens is 1. The lowest BCUT2D eigenvalue weighted by atomic mass is 10.1. The minimum atomic E-state index is -0.559. The molecule has 2 aromatic rings. The van der Waals surface area contributed by atoms with Crippen LogP contribution in [-0.4, -0.2) is 72.3 Å². The molecule has 1 unspecified atom stereocenters. The van der Waals surface area contributed by atoms with Crippen LogP contribution in [0.1, 0.15) is 32.4 Å². The molecule has 1 aromatic carbocycles. The first-order valence-corrected chi connectivity index (χ1v) is 10.9. The maximum absolute atomic E-state index is 12.4. The molecule has 0 radical (unpaired) electrons. The van der Waals surface area contributed by atoms with Gasteiger partial charge in [0.2, 0.25) is 5.95 Å². The fourth-order valence-corrected chi connectivity index (χ4v) is 3.49. The van der Waals surface area contributed by atoms with Crippen molar-refractivity contribution in [2.45, 2.75) is 32.4 Å². The van der Waals surface area contributed by atoms with Gasteiger partial charge in [0.05, 0.1) is 6.04 Å². The Morgan fingerprint density at radius 2 is 1.73 bits per heavy atom. The van der Waals surface area contributed by atoms with Crippen molar-refractivity contribution in [1.29, 1.82) is 0 Å². The topological polar surface area (TPSA) is 95.0 Å². The summed E-state index contributed by atoms with van der Waals surface area (Å²) in [6.45, 7) is 9.25. The molecule has 1 aliphatic heterocycles. The summed E-state index contributed by atoms with van der Waals surface area (Å²) in [7, 11) is 1.77. The monoisotopic (exact) mass is 567 g/mol. The van der Waals surface area contributed by atoms with Gasteiger partial charge >= 0.3 is 6.09 Å². The number of guanidine groups is 1. The van der Waals surface area contributed by atoms with Gasteiger partial charge in [0.1, 0.15) is 5.60 Å². The van der Waals surface area contributed by atoms with E-state index in [0.29, 0.717) is 6.54 Å². The van der Waals surface area contributed by atoms with E-state index in [1.165, 1.54) is 0 Å². The molecule has 2 N–H and O–H groups in total. The van der Waals surface area contributed by atoms with Crippen molar-refractivity contribution in [3.05, 3.63) is 54.4 Å². The zero-order valence-electron chi connectivity index (χ0n) is 19.7. The number of nitrogens with one attached hydrogen (secondary N) is 2. The van der Waals surface area contributed by atoms with Crippen molar-refractivity contribution in [1.82, 2.24) is 25.5 Å². The summed E-state index contributed by atoms with van der Waals surface area (Å²) in [4.78, 5) is 29.9. The summed E-state index contributed by atoms with van der Waals surface area (Å²) in [6, 6.07) is 11.4. The third kappa shape index (κ3) is 8.34. The van der Waals surface area contributed by atoms with E-state index in [0.717, 1.165) is 43.7 Å². The Kier molecular flexibility index (Phi) is 10.1. The third-order valence-electron chi connectivity index (χ3n) is 4.98. The van der Waals surface area contributed by atoms with E-state index in [9.17, 15) is 4.79 Å². The number of hydrogen-bond acceptors (Lipinski definition) is 6. The predicted octanol–water partition coefficient (Wildman–Crippen LogP) is 3.06. The van der Waals surface area contributed by atoms with Crippen LogP contribution < -0.4 is 15.5 Å². The highest BCUT2D eigenvalue weighted by Crippen LogP contribution is 2.15. The van der Waals surface area contributed by atoms with E-state index >= 15 is 0 Å². The van der Waals surface area contributed by atoms with E-state index in [2.05, 4.69) is 35.4 Å². The normalized spacial score (nSPS) is 15.3. The number of carbonyl (C=O) groups excluding carboxylic acids is 1. The largest absolute Gasteiger partial charge is 0.444 e. The van der Waals surface area contributed by atoms with Crippen LogP contribution in [0, 0.1) is 0 Å². The van der Waals surface area contributed by atoms with Crippen LogP contribution in [0.4, 0.5) is 10.7 Å². The molecule has 10 heteroatoms. The molecule has 0 aliphatic carbocycles. The second-order valence-electron chi connectivity index (χ2n) is 8.56. The first kappa shape index (κ1) is 26.6. The molecular formula is C23H34IN7O2. The Morgan fingerprint density at radius 3 is 2.30 bits per heavy atom. The van der Waals surface area contributed by atoms with Gasteiger partial charge < -0.3 is 25.2 Å². The standard InChI is InChI=1S/C23H33N7O2.HI/c1-23(2,3)32-22(31)28-19(18-9-6-5-7-10-18)17-27-20(24-4)29-13-15-30(16-14-29)21-25-11-8-12-26-21;/h5-12,19H,13-17H2,1-4H3,(H,24,27)(H,28,31);1H. The van der Waals surface area contributed by atoms with Gasteiger partial charge in [-0.25, -0.2) is 14.8 Å². The lowest BCUT2D eigenvalue weighted by Crippen LogP contribution is -2.54. The molecule has 1 fully saturated rings. The zero-order chi connectivity index (χ0) is 23.0. The molecule has 1 aromatic heterocycles. The molecule has 1 aliphatic rings. The minimum absolute atomic E-state index is 0. The lowest BCUT2D eigenvalue weighted by molar-refractivity contribution is 0.0504. The Bertz CT molecular complexity index is 883. The van der Waals surface area contributed by atoms with Gasteiger partial charge in [0.15, 0.2) is 5.96 Å². The Labute approximate surface area is 213 Å². The van der Waals surface area contributed by atoms with Crippen molar-refractivity contribution >= 4 is 42.0 Å². The van der Waals surface area contributed by atoms with Crippen molar-refractivity contribution < 1.29 is 9.53 Å². The number of aliphatic imine (C=N–C) groups is 1. The summed E-state index contributed by atoms with van der Waals surface area (Å²) in [5, 5.41) is 6.40. The highest BCUT2D eigenvalue weighted by atomic mass is 127. The van der Waals surface area contributed by atoms with E-state index in [1.807, 2.05) is 57.2 Å². The molecule has 0 saturated carbocycles. The zero-order valence-corrected chi connectivity index (χ0v) is 22.0. The number of benzene rings is 1. The maximum Gasteiger partial charge on any atom is 0.408 e. The van der Waals surface area contributed by atoms with Crippen molar-refractivity contribution in [3.8, 4) is 0 Å². The highest BCUT2D eigenvalue weighted by Gasteiger charge is 2.24. The van der Waals surface area contributed by atoms with Crippen molar-refractivity contribution in [3.63, 3.8) is 0 Å². The molecule has 180 valence electrons. The van der Waals surface area contributed by atoms with E-state index in [-0.39, 0.29) is 30.0 Å². The molecule has 33 heavy (non-hydrogen) atoms. The van der Waals surface area contributed by atoms with Crippen LogP contribution >= 0.6 is 24.0 Å². The third-order valence-corrected chi connectivity index (χ3v) is 4.98. The first-order valence-electron chi connectivity index (χ1n) is 10.9. The molecule has 1 amide bonds. The molecule has 0 bridgehead atoms. The highest BCUT2D eigenvalue weighted by molar-refractivity contribution is 14.0. The SMILES string of the molecule is CN=C(NCC(NC(=O)OC(C)(C)C)c1ccccc1)N1CCN(c2ncccn2)CC1.I. The van der Waals surface area contributed by atoms with Crippen LogP contribution in [0.2, 0.25) is 0 Å². The molecule has 0 spiro atoms. The number of piperazine rings is 1. The van der Waals surface area contributed by atoms with Crippen molar-refractivity contribution in [2.75, 3.05) is 44.7 Å². The van der Waals surface area contributed by atoms with Crippen molar-refractivity contribution in [2.24, 2.45) is 4.99 Å². The smallest absolute Gasteiger partial charge is 0.408 e. The van der Waals surface area contributed by atoms with Gasteiger partial charge in [-0.2, -0.15) is 0 Å². The fraction of sp³-hybridized carbons (Fsp3) is 0.478. The average molecular weight is 567 g/mol. The fourth-order valence-electron chi connectivity index (χ4n) is 3.49. The van der Waals surface area contributed by atoms with Crippen LogP contribution in [0.15, 0.2) is 53.8 Å². The van der Waals surface area contributed by atoms with Gasteiger partial charge in [-0.3, -0.25) is 4.99 Å². The van der Waals surface area contributed by atoms with Gasteiger partial charge in [-0.1, -0.05) is 30.3 Å². The summed E-state index contributed by atoms with van der Waals surface area (Å²) in [5.74, 6) is 1.55. The van der Waals surface area contributed by atoms with Gasteiger partial charge in [-0.05, 0) is 32.4 Å². The molecule has 1 saturated heterocycles. The first-order chi connectivity index (χ1) is 15.4. The average Bonchev–Trinajstić information content (AvgIpc) is 2.79. The summed E-state index contributed by atoms with van der Waals surface area (Å²) in [5.41, 5.74) is 0.434. The number of ether oxygens (including phenoxy) is 1. The predicted molar refractivity (Wildman–Crippen MR) is 141 cm³/mol. The van der Waals surface area contributed by atoms with Crippen LogP contribution in [0.25, 0.3) is 0 Å². The number of hydrogen-bond donors (Lipinski definition) is 2. The second-order valence-corrected chi connectivity index (χ2v) is 8.56. The Balaban J connectivity index is 0.00000385. The van der Waals surface area contributed by atoms with Crippen LogP contribution in [0.3, 0.4) is 0 Å². The number of carbonyl (C=O) groups is 1. The van der Waals surface area contributed by atoms with Gasteiger partial charge in [0.25, 0.3) is 0 Å². The molecular weight excluding hydrogens is 533 g/mol. The van der Waals surface area contributed by atoms with E-state index < -0.39 is 11.7 Å². The van der Waals surface area contributed by atoms with Crippen LogP contribution in [0.5, 0.6) is 0 Å². The summed E-state index contributed by atoms with van der Waals surface area (Å²) >= 11 is 0. The second kappa shape index (κ2) is 12.6. The summed E-state index contributed by atoms with van der Waals surface area (Å²) < 4.78 is 5.46. The number of alkyl carbamates (subject to hydrolysis) is 1. The number of aromatic nitrogens is 2. The van der Waals surface area contributed by atoms with Gasteiger partial charge in [-0.15, -0.1) is 24.0 Å². The number of amides is 1. The molecule has 9 nitrogen and oxygen atoms in total. The number of rotatable bonds is 5. The lowest BCUT2D eigenvalue weighted by Gasteiger charge is -2.36. The Morgan fingerprint density at radius 1 is 1.09 bits per heavy atom. The molecule has 3 rings (SSSR count). The van der Waals surface area contributed by atoms with Gasteiger partial charge in [0, 0.05) is 52.2 Å².